The smallest absolute Gasteiger partial charge is 0.324 e. The summed E-state index contributed by atoms with van der Waals surface area (Å²) in [5.41, 5.74) is 9.53. The number of phenolic OH excluding ortho intramolecular Hbond substituents is 1. The number of rotatable bonds is 12. The van der Waals surface area contributed by atoms with E-state index >= 15 is 0 Å². The third kappa shape index (κ3) is 11.2. The lowest BCUT2D eigenvalue weighted by Gasteiger charge is -2.41. The zero-order chi connectivity index (χ0) is 49.9. The van der Waals surface area contributed by atoms with Crippen LogP contribution in [0.2, 0.25) is 0 Å². The summed E-state index contributed by atoms with van der Waals surface area (Å²) in [7, 11) is 7.07. The SMILES string of the molecule is CCn1c(-c2cccnc2[C@H](C)OC)c2c3cc(ccc31)-c1cc(O)cc(c1)C[C@H](NC(=O)C(C(C)C)N(C)C(=O)C1CN(C(=O)/C=C/CN(C)C)C1)C(=O)N1CCC[C@H](N1)C(=O)OCC(C)(C)C2. The number of pyridine rings is 1. The zero-order valence-electron chi connectivity index (χ0n) is 41.9. The number of phenols is 1. The number of hydrazine groups is 1. The molecule has 16 heteroatoms. The molecule has 4 amide bonds. The van der Waals surface area contributed by atoms with Crippen LogP contribution in [0.15, 0.2) is 66.9 Å². The summed E-state index contributed by atoms with van der Waals surface area (Å²) in [6.45, 7) is 14.1. The van der Waals surface area contributed by atoms with Gasteiger partial charge in [0, 0.05) is 87.5 Å². The average Bonchev–Trinajstić information content (AvgIpc) is 3.60. The van der Waals surface area contributed by atoms with E-state index in [-0.39, 0.29) is 62.2 Å². The Labute approximate surface area is 406 Å². The Morgan fingerprint density at radius 3 is 2.51 bits per heavy atom. The van der Waals surface area contributed by atoms with Crippen LogP contribution in [0, 0.1) is 17.3 Å². The molecule has 0 radical (unpaired) electrons. The van der Waals surface area contributed by atoms with Gasteiger partial charge in [0.05, 0.1) is 30.0 Å². The Hall–Kier alpha value is -6.10. The fraction of sp³-hybridized carbons (Fsp3) is 0.509. The molecule has 0 spiro atoms. The number of aromatic nitrogens is 2. The van der Waals surface area contributed by atoms with Gasteiger partial charge in [-0.1, -0.05) is 45.9 Å². The number of carbonyl (C=O) groups excluding carboxylic acids is 5. The third-order valence-electron chi connectivity index (χ3n) is 13.6. The minimum Gasteiger partial charge on any atom is -0.508 e. The number of nitrogens with one attached hydrogen (secondary N) is 2. The summed E-state index contributed by atoms with van der Waals surface area (Å²) in [5.74, 6) is -2.77. The maximum Gasteiger partial charge on any atom is 0.324 e. The summed E-state index contributed by atoms with van der Waals surface area (Å²) >= 11 is 0. The van der Waals surface area contributed by atoms with Crippen molar-refractivity contribution in [1.29, 1.82) is 0 Å². The number of aromatic hydroxyl groups is 1. The van der Waals surface area contributed by atoms with Crippen molar-refractivity contribution >= 4 is 40.5 Å². The van der Waals surface area contributed by atoms with Gasteiger partial charge in [-0.3, -0.25) is 34.0 Å². The largest absolute Gasteiger partial charge is 0.508 e. The van der Waals surface area contributed by atoms with E-state index in [1.165, 1.54) is 16.0 Å². The van der Waals surface area contributed by atoms with Crippen LogP contribution in [-0.2, 0) is 52.8 Å². The van der Waals surface area contributed by atoms with Crippen LogP contribution in [0.4, 0.5) is 0 Å². The summed E-state index contributed by atoms with van der Waals surface area (Å²) < 4.78 is 14.2. The number of benzene rings is 2. The molecule has 4 atom stereocenters. The fourth-order valence-corrected chi connectivity index (χ4v) is 9.96. The van der Waals surface area contributed by atoms with E-state index in [2.05, 4.69) is 54.3 Å². The van der Waals surface area contributed by atoms with Crippen LogP contribution in [0.3, 0.4) is 0 Å². The van der Waals surface area contributed by atoms with Gasteiger partial charge in [-0.2, -0.15) is 0 Å². The van der Waals surface area contributed by atoms with Gasteiger partial charge in [-0.25, -0.2) is 5.43 Å². The summed E-state index contributed by atoms with van der Waals surface area (Å²) in [4.78, 5) is 79.6. The van der Waals surface area contributed by atoms with Crippen molar-refractivity contribution in [2.45, 2.75) is 98.0 Å². The Bertz CT molecular complexity index is 2600. The molecule has 2 fully saturated rings. The summed E-state index contributed by atoms with van der Waals surface area (Å²) in [6.07, 6.45) is 6.25. The van der Waals surface area contributed by atoms with Crippen LogP contribution >= 0.6 is 0 Å². The van der Waals surface area contributed by atoms with Gasteiger partial charge in [0.25, 0.3) is 5.91 Å². The predicted molar refractivity (Wildman–Crippen MR) is 264 cm³/mol. The highest BCUT2D eigenvalue weighted by molar-refractivity contribution is 5.96. The lowest BCUT2D eigenvalue weighted by molar-refractivity contribution is -0.155. The molecular weight excluding hydrogens is 877 g/mol. The average molecular weight is 947 g/mol. The molecule has 0 saturated carbocycles. The number of esters is 1. The molecule has 16 nitrogen and oxygen atoms in total. The van der Waals surface area contributed by atoms with E-state index in [0.29, 0.717) is 43.5 Å². The molecule has 7 rings (SSSR count). The molecular formula is C53H70N8O8. The Kier molecular flexibility index (Phi) is 15.6. The number of cyclic esters (lactones) is 1. The molecule has 4 aromatic rings. The number of carbonyl (C=O) groups is 5. The lowest BCUT2D eigenvalue weighted by Crippen LogP contribution is -2.63. The predicted octanol–water partition coefficient (Wildman–Crippen LogP) is 5.51. The first-order chi connectivity index (χ1) is 32.8. The molecule has 3 aliphatic rings. The van der Waals surface area contributed by atoms with E-state index in [1.54, 1.807) is 43.5 Å². The van der Waals surface area contributed by atoms with Gasteiger partial charge in [0.1, 0.15) is 23.9 Å². The Balaban J connectivity index is 1.26. The maximum absolute atomic E-state index is 14.7. The first-order valence-corrected chi connectivity index (χ1v) is 24.2. The number of aryl methyl sites for hydroxylation is 1. The molecule has 1 unspecified atom stereocenters. The Morgan fingerprint density at radius 2 is 1.81 bits per heavy atom. The Morgan fingerprint density at radius 1 is 1.06 bits per heavy atom. The van der Waals surface area contributed by atoms with Crippen LogP contribution in [0.5, 0.6) is 5.75 Å². The van der Waals surface area contributed by atoms with E-state index in [1.807, 2.05) is 58.0 Å². The normalized spacial score (nSPS) is 19.9. The van der Waals surface area contributed by atoms with Crippen molar-refractivity contribution in [3.63, 3.8) is 0 Å². The third-order valence-corrected chi connectivity index (χ3v) is 13.6. The minimum atomic E-state index is -1.17. The van der Waals surface area contributed by atoms with Gasteiger partial charge in [0.2, 0.25) is 17.7 Å². The minimum absolute atomic E-state index is 0.0116. The number of ether oxygens (including phenoxy) is 2. The quantitative estimate of drug-likeness (QED) is 0.121. The second-order valence-electron chi connectivity index (χ2n) is 20.3. The van der Waals surface area contributed by atoms with Crippen LogP contribution < -0.4 is 10.7 Å². The van der Waals surface area contributed by atoms with E-state index in [4.69, 9.17) is 14.5 Å². The fourth-order valence-electron chi connectivity index (χ4n) is 9.96. The van der Waals surface area contributed by atoms with Crippen molar-refractivity contribution in [2.24, 2.45) is 17.3 Å². The second kappa shape index (κ2) is 21.3. The standard InChI is InChI=1S/C53H70N8O8/c1-11-60-44-19-18-35-27-40(44)41(48(60)39-15-12-20-54-46(39)33(4)68-10)28-53(5,6)31-69-52(67)42-16-13-22-61(56-42)51(66)43(25-34-23-36(35)26-38(62)24-34)55-49(64)47(32(2)3)58(9)50(65)37-29-59(30-37)45(63)17-14-21-57(7)8/h12,14-15,17-20,23-24,26-27,32-33,37,42-43,47,56,62H,11,13,16,21-22,25,28-31H2,1-10H3,(H,55,64)/b17-14+/t33-,42-,43-,47?/m0/s1. The molecule has 2 aromatic heterocycles. The molecule has 3 N–H and O–H groups in total. The lowest BCUT2D eigenvalue weighted by atomic mass is 9.84. The number of hydrogen-bond acceptors (Lipinski definition) is 11. The highest BCUT2D eigenvalue weighted by atomic mass is 16.5. The van der Waals surface area contributed by atoms with Crippen molar-refractivity contribution < 1.29 is 38.6 Å². The number of hydrogen-bond donors (Lipinski definition) is 3. The van der Waals surface area contributed by atoms with E-state index < -0.39 is 47.2 Å². The summed E-state index contributed by atoms with van der Waals surface area (Å²) in [5, 5.41) is 16.7. The first-order valence-electron chi connectivity index (χ1n) is 24.2. The van der Waals surface area contributed by atoms with Crippen molar-refractivity contribution in [1.82, 2.24) is 40.0 Å². The molecule has 2 aromatic carbocycles. The van der Waals surface area contributed by atoms with E-state index in [0.717, 1.165) is 39.0 Å². The number of likely N-dealkylation sites (N-methyl/N-ethyl adjacent to an activating group) is 2. The maximum atomic E-state index is 14.7. The van der Waals surface area contributed by atoms with Crippen molar-refractivity contribution in [2.75, 3.05) is 61.0 Å². The second-order valence-corrected chi connectivity index (χ2v) is 20.3. The monoisotopic (exact) mass is 947 g/mol. The highest BCUT2D eigenvalue weighted by Gasteiger charge is 2.42. The zero-order valence-corrected chi connectivity index (χ0v) is 41.9. The van der Waals surface area contributed by atoms with Crippen molar-refractivity contribution in [3.05, 3.63) is 83.7 Å². The molecule has 0 aliphatic carbocycles. The number of nitrogens with zero attached hydrogens (tertiary/aromatic N) is 6. The number of amides is 4. The van der Waals surface area contributed by atoms with Gasteiger partial charge >= 0.3 is 5.97 Å². The molecule has 2 saturated heterocycles. The molecule has 69 heavy (non-hydrogen) atoms. The molecule has 5 heterocycles. The van der Waals surface area contributed by atoms with Gasteiger partial charge in [-0.05, 0) is 112 Å². The van der Waals surface area contributed by atoms with Gasteiger partial charge < -0.3 is 39.2 Å². The first kappa shape index (κ1) is 50.8. The topological polar surface area (TPSA) is 179 Å². The highest BCUT2D eigenvalue weighted by Crippen LogP contribution is 2.42. The van der Waals surface area contributed by atoms with Gasteiger partial charge in [-0.15, -0.1) is 0 Å². The number of likely N-dealkylation sites (tertiary alicyclic amines) is 1. The molecule has 6 bridgehead atoms. The van der Waals surface area contributed by atoms with E-state index in [9.17, 15) is 29.1 Å². The number of methoxy groups -OCH3 is 1. The van der Waals surface area contributed by atoms with Crippen LogP contribution in [0.1, 0.15) is 77.3 Å². The summed E-state index contributed by atoms with van der Waals surface area (Å²) in [6, 6.07) is 12.5. The van der Waals surface area contributed by atoms with Gasteiger partial charge in [0.15, 0.2) is 0 Å². The van der Waals surface area contributed by atoms with Crippen LogP contribution in [0.25, 0.3) is 33.3 Å². The number of fused-ring (bicyclic) bond motifs is 6. The van der Waals surface area contributed by atoms with Crippen LogP contribution in [-0.4, -0.2) is 143 Å². The van der Waals surface area contributed by atoms with Crippen molar-refractivity contribution in [3.8, 4) is 28.1 Å². The molecule has 3 aliphatic heterocycles. The molecule has 370 valence electrons.